The van der Waals surface area contributed by atoms with E-state index in [0.29, 0.717) is 5.92 Å². The lowest BCUT2D eigenvalue weighted by molar-refractivity contribution is 0.443. The van der Waals surface area contributed by atoms with Crippen LogP contribution in [0.3, 0.4) is 0 Å². The van der Waals surface area contributed by atoms with Crippen LogP contribution in [0.1, 0.15) is 82.3 Å². The Morgan fingerprint density at radius 3 is 2.04 bits per heavy atom. The highest BCUT2D eigenvalue weighted by atomic mass is 32.1. The first-order valence-corrected chi connectivity index (χ1v) is 18.2. The van der Waals surface area contributed by atoms with E-state index in [9.17, 15) is 0 Å². The van der Waals surface area contributed by atoms with Gasteiger partial charge in [0.15, 0.2) is 0 Å². The largest absolute Gasteiger partial charge is 0.310 e. The van der Waals surface area contributed by atoms with Crippen LogP contribution in [-0.4, -0.2) is 0 Å². The fourth-order valence-corrected chi connectivity index (χ4v) is 8.93. The van der Waals surface area contributed by atoms with Crippen LogP contribution in [0.15, 0.2) is 151 Å². The summed E-state index contributed by atoms with van der Waals surface area (Å²) in [6.45, 7) is 4.62. The van der Waals surface area contributed by atoms with Gasteiger partial charge in [0.25, 0.3) is 0 Å². The third kappa shape index (κ3) is 5.32. The van der Waals surface area contributed by atoms with Gasteiger partial charge in [0, 0.05) is 43.8 Å². The number of nitrogens with zero attached hydrogens (tertiary/aromatic N) is 2. The van der Waals surface area contributed by atoms with Crippen LogP contribution in [0.25, 0.3) is 21.2 Å². The molecule has 1 fully saturated rings. The Morgan fingerprint density at radius 1 is 0.680 bits per heavy atom. The molecule has 0 amide bonds. The lowest BCUT2D eigenvalue weighted by Crippen LogP contribution is -2.31. The van der Waals surface area contributed by atoms with Gasteiger partial charge in [-0.3, -0.25) is 0 Å². The van der Waals surface area contributed by atoms with Crippen molar-refractivity contribution in [3.8, 4) is 11.1 Å². The molecular weight excluding hydrogens is 625 g/mol. The monoisotopic (exact) mass is 676 g/mol. The molecule has 1 aliphatic carbocycles. The van der Waals surface area contributed by atoms with Crippen LogP contribution >= 0.6 is 11.3 Å². The molecule has 1 saturated carbocycles. The van der Waals surface area contributed by atoms with Gasteiger partial charge in [-0.05, 0) is 113 Å². The molecule has 0 unspecified atom stereocenters. The van der Waals surface area contributed by atoms with Crippen LogP contribution in [-0.2, 0) is 5.41 Å². The second kappa shape index (κ2) is 12.6. The smallest absolute Gasteiger partial charge is 0.0645 e. The topological polar surface area (TPSA) is 6.48 Å². The molecule has 2 nitrogen and oxygen atoms in total. The van der Waals surface area contributed by atoms with Crippen molar-refractivity contribution < 1.29 is 13.7 Å². The summed E-state index contributed by atoms with van der Waals surface area (Å²) < 4.78 is 86.4. The summed E-state index contributed by atoms with van der Waals surface area (Å²) in [6, 6.07) is 23.8. The lowest BCUT2D eigenvalue weighted by Gasteiger charge is -2.43. The number of anilines is 6. The highest BCUT2D eigenvalue weighted by Crippen LogP contribution is 2.54. The number of benzene rings is 6. The van der Waals surface area contributed by atoms with Crippen molar-refractivity contribution in [3.05, 3.63) is 167 Å². The first-order valence-electron chi connectivity index (χ1n) is 22.3. The zero-order valence-corrected chi connectivity index (χ0v) is 28.9. The lowest BCUT2D eigenvalue weighted by atomic mass is 9.71. The number of fused-ring (bicyclic) bond motifs is 3. The number of hydrogen-bond donors (Lipinski definition) is 0. The maximum atomic E-state index is 8.85. The zero-order chi connectivity index (χ0) is 42.4. The van der Waals surface area contributed by atoms with Crippen molar-refractivity contribution in [1.29, 1.82) is 0 Å². The van der Waals surface area contributed by atoms with E-state index in [-0.39, 0.29) is 22.5 Å². The van der Waals surface area contributed by atoms with E-state index in [2.05, 4.69) is 84.8 Å². The highest BCUT2D eigenvalue weighted by molar-refractivity contribution is 7.17. The molecular formula is C47H42N2S. The minimum absolute atomic E-state index is 0.281. The van der Waals surface area contributed by atoms with Gasteiger partial charge < -0.3 is 9.80 Å². The maximum absolute atomic E-state index is 8.85. The van der Waals surface area contributed by atoms with Crippen LogP contribution in [0, 0.1) is 0 Å². The van der Waals surface area contributed by atoms with Crippen LogP contribution in [0.2, 0.25) is 0 Å². The number of hydrogen-bond acceptors (Lipinski definition) is 3. The van der Waals surface area contributed by atoms with Crippen LogP contribution in [0.5, 0.6) is 0 Å². The second-order valence-corrected chi connectivity index (χ2v) is 14.7. The van der Waals surface area contributed by atoms with Crippen LogP contribution < -0.4 is 9.80 Å². The van der Waals surface area contributed by atoms with E-state index in [1.54, 1.807) is 12.1 Å². The molecule has 0 N–H and O–H groups in total. The zero-order valence-electron chi connectivity index (χ0n) is 38.1. The minimum atomic E-state index is -0.600. The summed E-state index contributed by atoms with van der Waals surface area (Å²) in [5.41, 5.74) is 8.61. The van der Waals surface area contributed by atoms with Gasteiger partial charge in [-0.15, -0.1) is 11.3 Å². The molecule has 0 radical (unpaired) electrons. The Bertz CT molecular complexity index is 2740. The Morgan fingerprint density at radius 2 is 1.34 bits per heavy atom. The molecule has 7 aromatic rings. The third-order valence-corrected chi connectivity index (χ3v) is 11.4. The molecule has 1 aliphatic heterocycles. The molecule has 246 valence electrons. The van der Waals surface area contributed by atoms with E-state index in [1.807, 2.05) is 12.1 Å². The van der Waals surface area contributed by atoms with Crippen molar-refractivity contribution in [2.24, 2.45) is 0 Å². The molecule has 0 atom stereocenters. The first-order chi connectivity index (χ1) is 28.7. The SMILES string of the molecule is [2H]c1c([2H])c([2H])c(N(c2ccc3c(-c4ccc5c(c4)C(C)(C)c4cc(C6CCCCC6)ccc4N5c4ccccc4)csc3c2)c2c([2H])c([2H])c([2H])c([2H])c2[2H])c([2H])c1[2H]. The number of thiophene rings is 1. The Kier molecular flexibility index (Phi) is 5.53. The fourth-order valence-electron chi connectivity index (χ4n) is 7.93. The standard InChI is InChI=1S/C47H42N2S/c1-47(2)42-29-34(33-15-7-3-8-16-33)23-27-44(42)49(38-21-13-6-14-22-38)45-28-24-35(30-43(45)47)41-32-50-46-31-39(25-26-40(41)46)48(36-17-9-4-10-18-36)37-19-11-5-12-20-37/h4-6,9-14,17-33H,3,7-8,15-16H2,1-2H3/i4D,5D,9D,10D,11D,12D,17D,18D,19D,20D. The van der Waals surface area contributed by atoms with E-state index in [1.165, 1.54) is 70.7 Å². The van der Waals surface area contributed by atoms with E-state index < -0.39 is 60.4 Å². The summed E-state index contributed by atoms with van der Waals surface area (Å²) in [4.78, 5) is 3.58. The molecule has 2 heterocycles. The summed E-state index contributed by atoms with van der Waals surface area (Å²) in [5, 5.41) is 2.99. The molecule has 9 rings (SSSR count). The predicted octanol–water partition coefficient (Wildman–Crippen LogP) is 14.2. The Labute approximate surface area is 314 Å². The Balaban J connectivity index is 1.20. The molecule has 0 saturated heterocycles. The fraction of sp³-hybridized carbons (Fsp3) is 0.191. The van der Waals surface area contributed by atoms with Crippen molar-refractivity contribution in [2.45, 2.75) is 57.3 Å². The number of rotatable bonds is 6. The average molecular weight is 677 g/mol. The first kappa shape index (κ1) is 21.9. The molecule has 2 aliphatic rings. The summed E-state index contributed by atoms with van der Waals surface area (Å²) in [5.74, 6) is 0.566. The van der Waals surface area contributed by atoms with Crippen molar-refractivity contribution >= 4 is 55.5 Å². The van der Waals surface area contributed by atoms with Gasteiger partial charge in [0.05, 0.1) is 25.1 Å². The summed E-state index contributed by atoms with van der Waals surface area (Å²) in [6.07, 6.45) is 6.28. The second-order valence-electron chi connectivity index (χ2n) is 13.8. The van der Waals surface area contributed by atoms with Crippen molar-refractivity contribution in [1.82, 2.24) is 0 Å². The summed E-state index contributed by atoms with van der Waals surface area (Å²) >= 11 is 1.47. The minimum Gasteiger partial charge on any atom is -0.310 e. The van der Waals surface area contributed by atoms with E-state index >= 15 is 0 Å². The average Bonchev–Trinajstić information content (AvgIpc) is 3.70. The van der Waals surface area contributed by atoms with Crippen molar-refractivity contribution in [3.63, 3.8) is 0 Å². The quantitative estimate of drug-likeness (QED) is 0.173. The van der Waals surface area contributed by atoms with E-state index in [0.717, 1.165) is 32.6 Å². The van der Waals surface area contributed by atoms with Gasteiger partial charge in [-0.2, -0.15) is 0 Å². The van der Waals surface area contributed by atoms with Gasteiger partial charge in [-0.1, -0.05) is 112 Å². The maximum Gasteiger partial charge on any atom is 0.0645 e. The predicted molar refractivity (Wildman–Crippen MR) is 215 cm³/mol. The summed E-state index contributed by atoms with van der Waals surface area (Å²) in [7, 11) is 0. The third-order valence-electron chi connectivity index (χ3n) is 10.5. The molecule has 50 heavy (non-hydrogen) atoms. The van der Waals surface area contributed by atoms with Crippen LogP contribution in [0.4, 0.5) is 34.1 Å². The number of para-hydroxylation sites is 3. The van der Waals surface area contributed by atoms with Gasteiger partial charge in [-0.25, -0.2) is 0 Å². The Hall–Kier alpha value is -5.12. The normalized spacial score (nSPS) is 18.2. The van der Waals surface area contributed by atoms with E-state index in [4.69, 9.17) is 13.7 Å². The molecule has 0 spiro atoms. The molecule has 6 aromatic carbocycles. The van der Waals surface area contributed by atoms with Crippen molar-refractivity contribution in [2.75, 3.05) is 9.80 Å². The molecule has 0 bridgehead atoms. The molecule has 1 aromatic heterocycles. The van der Waals surface area contributed by atoms with Gasteiger partial charge >= 0.3 is 0 Å². The van der Waals surface area contributed by atoms with Gasteiger partial charge in [0.1, 0.15) is 0 Å². The van der Waals surface area contributed by atoms with Gasteiger partial charge in [0.2, 0.25) is 0 Å². The highest BCUT2D eigenvalue weighted by Gasteiger charge is 2.38. The molecule has 3 heteroatoms.